The minimum atomic E-state index is -0.250. The van der Waals surface area contributed by atoms with Crippen LogP contribution in [0.1, 0.15) is 13.8 Å². The molecule has 0 aromatic carbocycles. The van der Waals surface area contributed by atoms with Gasteiger partial charge in [0.2, 0.25) is 5.91 Å². The van der Waals surface area contributed by atoms with Crippen LogP contribution in [0.5, 0.6) is 0 Å². The van der Waals surface area contributed by atoms with E-state index < -0.39 is 0 Å². The molecule has 0 aliphatic carbocycles. The number of carbonyl (C=O) groups excluding carboxylic acids is 1. The molecular formula is C9H15N3O. The largest absolute Gasteiger partial charge is 0.369 e. The zero-order valence-corrected chi connectivity index (χ0v) is 8.03. The van der Waals surface area contributed by atoms with Crippen LogP contribution in [0.2, 0.25) is 0 Å². The van der Waals surface area contributed by atoms with Crippen molar-refractivity contribution in [3.8, 4) is 6.07 Å². The van der Waals surface area contributed by atoms with Crippen molar-refractivity contribution < 1.29 is 4.79 Å². The van der Waals surface area contributed by atoms with Crippen molar-refractivity contribution in [3.05, 3.63) is 0 Å². The summed E-state index contributed by atoms with van der Waals surface area (Å²) < 4.78 is 0. The van der Waals surface area contributed by atoms with Crippen LogP contribution in [0.15, 0.2) is 0 Å². The van der Waals surface area contributed by atoms with Crippen LogP contribution < -0.4 is 5.73 Å². The number of hydrogen-bond acceptors (Lipinski definition) is 3. The summed E-state index contributed by atoms with van der Waals surface area (Å²) in [6.07, 6.45) is 0. The quantitative estimate of drug-likeness (QED) is 0.649. The van der Waals surface area contributed by atoms with E-state index >= 15 is 0 Å². The van der Waals surface area contributed by atoms with Gasteiger partial charge in [-0.05, 0) is 12.8 Å². The number of nitriles is 1. The Bertz CT molecular complexity index is 246. The molecule has 4 heteroatoms. The second kappa shape index (κ2) is 3.75. The van der Waals surface area contributed by atoms with E-state index in [2.05, 4.69) is 6.07 Å². The highest BCUT2D eigenvalue weighted by Gasteiger charge is 2.35. The first kappa shape index (κ1) is 10.0. The van der Waals surface area contributed by atoms with Crippen molar-refractivity contribution in [2.45, 2.75) is 19.9 Å². The third kappa shape index (κ3) is 1.99. The van der Waals surface area contributed by atoms with E-state index in [4.69, 9.17) is 11.0 Å². The van der Waals surface area contributed by atoms with E-state index in [1.807, 2.05) is 18.7 Å². The first-order chi connectivity index (χ1) is 6.06. The molecule has 72 valence electrons. The molecule has 1 aliphatic rings. The Morgan fingerprint density at radius 1 is 1.69 bits per heavy atom. The van der Waals surface area contributed by atoms with Crippen LogP contribution in [0, 0.1) is 23.2 Å². The van der Waals surface area contributed by atoms with Crippen LogP contribution >= 0.6 is 0 Å². The normalized spacial score (nSPS) is 31.2. The molecule has 0 radical (unpaired) electrons. The summed E-state index contributed by atoms with van der Waals surface area (Å²) in [6, 6.07) is 2.04. The van der Waals surface area contributed by atoms with Crippen LogP contribution in [0.3, 0.4) is 0 Å². The minimum Gasteiger partial charge on any atom is -0.369 e. The van der Waals surface area contributed by atoms with Gasteiger partial charge in [-0.2, -0.15) is 5.26 Å². The number of likely N-dealkylation sites (tertiary alicyclic amines) is 1. The molecule has 3 atom stereocenters. The van der Waals surface area contributed by atoms with Crippen LogP contribution in [0.25, 0.3) is 0 Å². The van der Waals surface area contributed by atoms with E-state index in [1.165, 1.54) is 0 Å². The molecule has 1 aliphatic heterocycles. The molecule has 0 saturated carbocycles. The van der Waals surface area contributed by atoms with E-state index in [0.29, 0.717) is 6.54 Å². The minimum absolute atomic E-state index is 0.0872. The number of rotatable bonds is 2. The highest BCUT2D eigenvalue weighted by atomic mass is 16.1. The van der Waals surface area contributed by atoms with Crippen molar-refractivity contribution in [2.24, 2.45) is 17.6 Å². The lowest BCUT2D eigenvalue weighted by molar-refractivity contribution is -0.122. The van der Waals surface area contributed by atoms with Crippen LogP contribution in [-0.2, 0) is 4.79 Å². The Hall–Kier alpha value is -1.08. The zero-order valence-electron chi connectivity index (χ0n) is 8.03. The van der Waals surface area contributed by atoms with E-state index in [9.17, 15) is 4.79 Å². The number of hydrogen-bond donors (Lipinski definition) is 1. The molecule has 0 bridgehead atoms. The standard InChI is InChI=1S/C9H15N3O/c1-6-4-12(7(2)3-10)5-8(6)9(11)13/h6-8H,4-5H2,1-2H3,(H2,11,13)/t6-,7?,8-/m1/s1. The summed E-state index contributed by atoms with van der Waals surface area (Å²) in [5, 5.41) is 8.70. The Morgan fingerprint density at radius 3 is 2.69 bits per heavy atom. The fourth-order valence-electron chi connectivity index (χ4n) is 1.77. The molecule has 1 unspecified atom stereocenters. The summed E-state index contributed by atoms with van der Waals surface area (Å²) in [4.78, 5) is 13.0. The number of nitrogens with two attached hydrogens (primary N) is 1. The zero-order chi connectivity index (χ0) is 10.0. The molecule has 1 heterocycles. The van der Waals surface area contributed by atoms with E-state index in [1.54, 1.807) is 0 Å². The lowest BCUT2D eigenvalue weighted by Gasteiger charge is -2.17. The Labute approximate surface area is 78.3 Å². The van der Waals surface area contributed by atoms with Crippen molar-refractivity contribution in [1.29, 1.82) is 5.26 Å². The number of nitrogens with zero attached hydrogens (tertiary/aromatic N) is 2. The van der Waals surface area contributed by atoms with E-state index in [0.717, 1.165) is 6.54 Å². The molecule has 13 heavy (non-hydrogen) atoms. The molecular weight excluding hydrogens is 166 g/mol. The fourth-order valence-corrected chi connectivity index (χ4v) is 1.77. The van der Waals surface area contributed by atoms with Gasteiger partial charge in [0.05, 0.1) is 18.0 Å². The van der Waals surface area contributed by atoms with Gasteiger partial charge in [0, 0.05) is 13.1 Å². The van der Waals surface area contributed by atoms with Gasteiger partial charge in [-0.15, -0.1) is 0 Å². The lowest BCUT2D eigenvalue weighted by atomic mass is 9.98. The molecule has 0 spiro atoms. The van der Waals surface area contributed by atoms with Gasteiger partial charge in [0.25, 0.3) is 0 Å². The van der Waals surface area contributed by atoms with Gasteiger partial charge in [0.15, 0.2) is 0 Å². The number of carbonyl (C=O) groups is 1. The Morgan fingerprint density at radius 2 is 2.31 bits per heavy atom. The van der Waals surface area contributed by atoms with Gasteiger partial charge in [-0.25, -0.2) is 0 Å². The maximum absolute atomic E-state index is 11.0. The average Bonchev–Trinajstić information content (AvgIpc) is 2.46. The van der Waals surface area contributed by atoms with Crippen LogP contribution in [-0.4, -0.2) is 29.9 Å². The number of primary amides is 1. The Kier molecular flexibility index (Phi) is 2.89. The van der Waals surface area contributed by atoms with Crippen molar-refractivity contribution >= 4 is 5.91 Å². The van der Waals surface area contributed by atoms with E-state index in [-0.39, 0.29) is 23.8 Å². The van der Waals surface area contributed by atoms with Gasteiger partial charge in [-0.3, -0.25) is 9.69 Å². The Balaban J connectivity index is 2.61. The van der Waals surface area contributed by atoms with Gasteiger partial charge in [0.1, 0.15) is 0 Å². The first-order valence-electron chi connectivity index (χ1n) is 4.49. The molecule has 1 rings (SSSR count). The molecule has 0 aromatic heterocycles. The van der Waals surface area contributed by atoms with Gasteiger partial charge in [-0.1, -0.05) is 6.92 Å². The van der Waals surface area contributed by atoms with Gasteiger partial charge >= 0.3 is 0 Å². The molecule has 1 saturated heterocycles. The topological polar surface area (TPSA) is 70.1 Å². The third-order valence-corrected chi connectivity index (χ3v) is 2.74. The monoisotopic (exact) mass is 181 g/mol. The number of amides is 1. The maximum Gasteiger partial charge on any atom is 0.222 e. The van der Waals surface area contributed by atoms with Crippen LogP contribution in [0.4, 0.5) is 0 Å². The summed E-state index contributed by atoms with van der Waals surface area (Å²) in [7, 11) is 0. The van der Waals surface area contributed by atoms with Gasteiger partial charge < -0.3 is 5.73 Å². The summed E-state index contributed by atoms with van der Waals surface area (Å²) >= 11 is 0. The fraction of sp³-hybridized carbons (Fsp3) is 0.778. The molecule has 2 N–H and O–H groups in total. The van der Waals surface area contributed by atoms with Crippen molar-refractivity contribution in [3.63, 3.8) is 0 Å². The molecule has 0 aromatic rings. The predicted molar refractivity (Wildman–Crippen MR) is 48.5 cm³/mol. The summed E-state index contributed by atoms with van der Waals surface area (Å²) in [5.74, 6) is -0.0655. The lowest BCUT2D eigenvalue weighted by Crippen LogP contribution is -2.32. The predicted octanol–water partition coefficient (Wildman–Crippen LogP) is -0.0483. The van der Waals surface area contributed by atoms with Crippen molar-refractivity contribution in [2.75, 3.05) is 13.1 Å². The first-order valence-corrected chi connectivity index (χ1v) is 4.49. The average molecular weight is 181 g/mol. The van der Waals surface area contributed by atoms with Crippen molar-refractivity contribution in [1.82, 2.24) is 4.90 Å². The second-order valence-corrected chi connectivity index (χ2v) is 3.75. The maximum atomic E-state index is 11.0. The summed E-state index contributed by atoms with van der Waals surface area (Å²) in [6.45, 7) is 5.27. The molecule has 4 nitrogen and oxygen atoms in total. The third-order valence-electron chi connectivity index (χ3n) is 2.74. The molecule has 1 amide bonds. The smallest absolute Gasteiger partial charge is 0.222 e. The SMILES string of the molecule is CC(C#N)N1C[C@@H](C)[C@H](C(N)=O)C1. The summed E-state index contributed by atoms with van der Waals surface area (Å²) in [5.41, 5.74) is 5.24. The highest BCUT2D eigenvalue weighted by Crippen LogP contribution is 2.23. The highest BCUT2D eigenvalue weighted by molar-refractivity contribution is 5.77. The molecule has 1 fully saturated rings. The second-order valence-electron chi connectivity index (χ2n) is 3.75.